The highest BCUT2D eigenvalue weighted by atomic mass is 16.5. The average molecular weight is 273 g/mol. The molecule has 0 amide bonds. The number of fused-ring (bicyclic) bond motifs is 3. The number of aromatic amines is 1. The minimum absolute atomic E-state index is 0.0499. The number of hydrogen-bond donors (Lipinski definition) is 1. The molecule has 1 atom stereocenters. The van der Waals surface area contributed by atoms with Crippen molar-refractivity contribution in [3.05, 3.63) is 71.9 Å². The Balaban J connectivity index is 1.90. The lowest BCUT2D eigenvalue weighted by atomic mass is 9.89. The highest BCUT2D eigenvalue weighted by Gasteiger charge is 2.22. The zero-order valence-electron chi connectivity index (χ0n) is 11.1. The second-order valence-corrected chi connectivity index (χ2v) is 4.97. The number of hydrogen-bond acceptors (Lipinski definition) is 3. The Hall–Kier alpha value is -3.06. The molecule has 0 saturated heterocycles. The summed E-state index contributed by atoms with van der Waals surface area (Å²) in [4.78, 5) is 7.34. The summed E-state index contributed by atoms with van der Waals surface area (Å²) < 4.78 is 5.72. The molecule has 4 rings (SSSR count). The van der Waals surface area contributed by atoms with E-state index in [1.165, 1.54) is 0 Å². The Bertz CT molecular complexity index is 902. The van der Waals surface area contributed by atoms with Gasteiger partial charge >= 0.3 is 0 Å². The van der Waals surface area contributed by atoms with Crippen LogP contribution in [0.15, 0.2) is 55.2 Å². The van der Waals surface area contributed by atoms with Gasteiger partial charge in [0.15, 0.2) is 0 Å². The van der Waals surface area contributed by atoms with Gasteiger partial charge in [-0.25, -0.2) is 0 Å². The molecule has 21 heavy (non-hydrogen) atoms. The predicted octanol–water partition coefficient (Wildman–Crippen LogP) is 3.47. The highest BCUT2D eigenvalue weighted by molar-refractivity contribution is 5.88. The van der Waals surface area contributed by atoms with Crippen LogP contribution in [-0.4, -0.2) is 9.97 Å². The van der Waals surface area contributed by atoms with E-state index in [0.717, 1.165) is 27.8 Å². The fourth-order valence-electron chi connectivity index (χ4n) is 2.77. The second-order valence-electron chi connectivity index (χ2n) is 4.97. The lowest BCUT2D eigenvalue weighted by Crippen LogP contribution is -2.06. The van der Waals surface area contributed by atoms with Gasteiger partial charge in [-0.05, 0) is 29.8 Å². The Morgan fingerprint density at radius 2 is 2.19 bits per heavy atom. The van der Waals surface area contributed by atoms with Gasteiger partial charge in [0.2, 0.25) is 0 Å². The summed E-state index contributed by atoms with van der Waals surface area (Å²) in [5.41, 5.74) is 3.69. The molecule has 1 aliphatic heterocycles. The number of benzene rings is 1. The molecule has 0 saturated carbocycles. The van der Waals surface area contributed by atoms with Crippen molar-refractivity contribution < 1.29 is 4.74 Å². The number of allylic oxidation sites excluding steroid dienone is 1. The zero-order valence-corrected chi connectivity index (χ0v) is 11.1. The van der Waals surface area contributed by atoms with Crippen molar-refractivity contribution >= 4 is 10.9 Å². The summed E-state index contributed by atoms with van der Waals surface area (Å²) in [6.45, 7) is 0. The topological polar surface area (TPSA) is 61.7 Å². The third-order valence-electron chi connectivity index (χ3n) is 3.75. The second kappa shape index (κ2) is 4.50. The van der Waals surface area contributed by atoms with Gasteiger partial charge in [-0.1, -0.05) is 6.07 Å². The van der Waals surface area contributed by atoms with E-state index in [2.05, 4.69) is 22.1 Å². The fourth-order valence-corrected chi connectivity index (χ4v) is 2.77. The summed E-state index contributed by atoms with van der Waals surface area (Å²) in [6.07, 6.45) is 8.96. The summed E-state index contributed by atoms with van der Waals surface area (Å²) in [5.74, 6) is 0.914. The normalized spacial score (nSPS) is 16.2. The molecule has 4 nitrogen and oxygen atoms in total. The van der Waals surface area contributed by atoms with E-state index in [1.807, 2.05) is 30.5 Å². The van der Waals surface area contributed by atoms with E-state index < -0.39 is 0 Å². The lowest BCUT2D eigenvalue weighted by Gasteiger charge is -2.21. The van der Waals surface area contributed by atoms with Crippen molar-refractivity contribution in [1.29, 1.82) is 5.26 Å². The molecule has 0 radical (unpaired) electrons. The fraction of sp³-hybridized carbons (Fsp3) is 0.0588. The van der Waals surface area contributed by atoms with Crippen molar-refractivity contribution in [3.63, 3.8) is 0 Å². The number of ether oxygens (including phenoxy) is 1. The molecule has 0 aliphatic carbocycles. The molecule has 1 N–H and O–H groups in total. The van der Waals surface area contributed by atoms with Gasteiger partial charge in [0.1, 0.15) is 11.8 Å². The highest BCUT2D eigenvalue weighted by Crippen LogP contribution is 2.40. The molecule has 0 spiro atoms. The number of rotatable bonds is 1. The number of nitrogens with zero attached hydrogens (tertiary/aromatic N) is 2. The first-order valence-electron chi connectivity index (χ1n) is 6.65. The molecule has 3 aromatic rings. The standard InChI is InChI=1S/C17H11N3O/c18-8-11-7-12(10-19-9-11)13-4-6-21-17-14(13)1-2-16-15(17)3-5-20-16/h1-7,9-10,13,20H. The van der Waals surface area contributed by atoms with Crippen LogP contribution in [0.5, 0.6) is 5.75 Å². The Morgan fingerprint density at radius 1 is 1.24 bits per heavy atom. The third kappa shape index (κ3) is 1.79. The van der Waals surface area contributed by atoms with Gasteiger partial charge < -0.3 is 9.72 Å². The van der Waals surface area contributed by atoms with Gasteiger partial charge in [-0.3, -0.25) is 4.98 Å². The minimum Gasteiger partial charge on any atom is -0.464 e. The minimum atomic E-state index is 0.0499. The van der Waals surface area contributed by atoms with Crippen molar-refractivity contribution in [2.24, 2.45) is 0 Å². The maximum Gasteiger partial charge on any atom is 0.139 e. The Morgan fingerprint density at radius 3 is 3.10 bits per heavy atom. The van der Waals surface area contributed by atoms with Crippen LogP contribution in [0.1, 0.15) is 22.6 Å². The summed E-state index contributed by atoms with van der Waals surface area (Å²) in [5, 5.41) is 10.1. The van der Waals surface area contributed by atoms with E-state index in [9.17, 15) is 0 Å². The van der Waals surface area contributed by atoms with Crippen LogP contribution in [0, 0.1) is 11.3 Å². The smallest absolute Gasteiger partial charge is 0.139 e. The third-order valence-corrected chi connectivity index (χ3v) is 3.75. The van der Waals surface area contributed by atoms with Gasteiger partial charge in [0, 0.05) is 41.0 Å². The molecular formula is C17H11N3O. The van der Waals surface area contributed by atoms with E-state index >= 15 is 0 Å². The maximum absolute atomic E-state index is 9.03. The first-order valence-corrected chi connectivity index (χ1v) is 6.65. The van der Waals surface area contributed by atoms with Crippen LogP contribution in [0.25, 0.3) is 10.9 Å². The monoisotopic (exact) mass is 273 g/mol. The Labute approximate surface area is 121 Å². The molecule has 0 fully saturated rings. The molecule has 1 aromatic carbocycles. The Kier molecular flexibility index (Phi) is 2.51. The van der Waals surface area contributed by atoms with Crippen LogP contribution in [0.4, 0.5) is 0 Å². The molecule has 2 aromatic heterocycles. The molecular weight excluding hydrogens is 262 g/mol. The van der Waals surface area contributed by atoms with E-state index in [1.54, 1.807) is 18.7 Å². The van der Waals surface area contributed by atoms with E-state index in [4.69, 9.17) is 10.00 Å². The first kappa shape index (κ1) is 11.7. The lowest BCUT2D eigenvalue weighted by molar-refractivity contribution is 0.465. The van der Waals surface area contributed by atoms with E-state index in [0.29, 0.717) is 5.56 Å². The van der Waals surface area contributed by atoms with Gasteiger partial charge in [-0.2, -0.15) is 5.26 Å². The molecule has 1 unspecified atom stereocenters. The predicted molar refractivity (Wildman–Crippen MR) is 78.9 cm³/mol. The maximum atomic E-state index is 9.03. The molecule has 3 heterocycles. The number of nitrogens with one attached hydrogen (secondary N) is 1. The molecule has 4 heteroatoms. The van der Waals surface area contributed by atoms with Crippen LogP contribution in [0.2, 0.25) is 0 Å². The summed E-state index contributed by atoms with van der Waals surface area (Å²) in [6, 6.07) is 10.1. The largest absolute Gasteiger partial charge is 0.464 e. The van der Waals surface area contributed by atoms with E-state index in [-0.39, 0.29) is 5.92 Å². The number of pyridine rings is 1. The molecule has 100 valence electrons. The summed E-state index contributed by atoms with van der Waals surface area (Å²) in [7, 11) is 0. The van der Waals surface area contributed by atoms with Crippen LogP contribution in [0.3, 0.4) is 0 Å². The SMILES string of the molecule is N#Cc1cncc(C2C=COc3c2ccc2[nH]ccc32)c1. The quantitative estimate of drug-likeness (QED) is 0.738. The van der Waals surface area contributed by atoms with Crippen LogP contribution < -0.4 is 4.74 Å². The first-order chi connectivity index (χ1) is 10.4. The van der Waals surface area contributed by atoms with Crippen molar-refractivity contribution in [1.82, 2.24) is 9.97 Å². The van der Waals surface area contributed by atoms with Crippen molar-refractivity contribution in [2.75, 3.05) is 0 Å². The number of aromatic nitrogens is 2. The van der Waals surface area contributed by atoms with Crippen molar-refractivity contribution in [2.45, 2.75) is 5.92 Å². The van der Waals surface area contributed by atoms with Crippen LogP contribution >= 0.6 is 0 Å². The van der Waals surface area contributed by atoms with Gasteiger partial charge in [-0.15, -0.1) is 0 Å². The molecule has 1 aliphatic rings. The summed E-state index contributed by atoms with van der Waals surface area (Å²) >= 11 is 0. The number of nitriles is 1. The zero-order chi connectivity index (χ0) is 14.2. The van der Waals surface area contributed by atoms with Gasteiger partial charge in [0.25, 0.3) is 0 Å². The average Bonchev–Trinajstić information content (AvgIpc) is 3.03. The van der Waals surface area contributed by atoms with Gasteiger partial charge in [0.05, 0.1) is 11.8 Å². The molecule has 0 bridgehead atoms. The number of H-pyrrole nitrogens is 1. The van der Waals surface area contributed by atoms with Crippen molar-refractivity contribution in [3.8, 4) is 11.8 Å². The van der Waals surface area contributed by atoms with Crippen LogP contribution in [-0.2, 0) is 0 Å².